The van der Waals surface area contributed by atoms with E-state index < -0.39 is 5.60 Å². The van der Waals surface area contributed by atoms with E-state index in [2.05, 4.69) is 46.4 Å². The average molecular weight is 283 g/mol. The molecule has 2 saturated heterocycles. The van der Waals surface area contributed by atoms with Crippen molar-refractivity contribution in [3.63, 3.8) is 0 Å². The lowest BCUT2D eigenvalue weighted by atomic mass is 9.71. The van der Waals surface area contributed by atoms with Gasteiger partial charge in [-0.2, -0.15) is 0 Å². The molecule has 2 unspecified atom stereocenters. The fourth-order valence-electron chi connectivity index (χ4n) is 4.43. The number of nitrogens with zero attached hydrogens (tertiary/aromatic N) is 1. The topological polar surface area (TPSA) is 32.7 Å². The lowest BCUT2D eigenvalue weighted by Gasteiger charge is -2.40. The van der Waals surface area contributed by atoms with E-state index in [1.165, 1.54) is 0 Å². The molecule has 2 rings (SSSR count). The zero-order valence-electron chi connectivity index (χ0n) is 14.2. The van der Waals surface area contributed by atoms with Crippen molar-refractivity contribution in [2.75, 3.05) is 13.1 Å². The van der Waals surface area contributed by atoms with Crippen LogP contribution in [0.5, 0.6) is 0 Å². The maximum absolute atomic E-state index is 11.3. The molecule has 0 saturated carbocycles. The highest BCUT2D eigenvalue weighted by molar-refractivity contribution is 5.04. The van der Waals surface area contributed by atoms with Gasteiger partial charge in [-0.25, -0.2) is 0 Å². The van der Waals surface area contributed by atoms with Gasteiger partial charge in [0.25, 0.3) is 0 Å². The molecule has 2 heterocycles. The molecule has 2 fully saturated rings. The molecule has 0 aromatic rings. The van der Waals surface area contributed by atoms with Gasteiger partial charge in [0, 0.05) is 18.5 Å². The van der Waals surface area contributed by atoms with Crippen LogP contribution in [0.2, 0.25) is 0 Å². The molecule has 3 nitrogen and oxygen atoms in total. The van der Waals surface area contributed by atoms with E-state index in [4.69, 9.17) is 4.74 Å². The molecule has 2 aliphatic heterocycles. The van der Waals surface area contributed by atoms with Crippen molar-refractivity contribution in [3.05, 3.63) is 0 Å². The largest absolute Gasteiger partial charge is 0.389 e. The molecule has 0 bridgehead atoms. The Morgan fingerprint density at radius 1 is 1.10 bits per heavy atom. The quantitative estimate of drug-likeness (QED) is 0.844. The molecule has 0 radical (unpaired) electrons. The van der Waals surface area contributed by atoms with E-state index in [0.717, 1.165) is 38.8 Å². The Morgan fingerprint density at radius 2 is 1.75 bits per heavy atom. The molecule has 0 aromatic heterocycles. The van der Waals surface area contributed by atoms with Crippen LogP contribution in [0.4, 0.5) is 0 Å². The summed E-state index contributed by atoms with van der Waals surface area (Å²) in [5, 5.41) is 11.3. The number of rotatable bonds is 2. The van der Waals surface area contributed by atoms with Gasteiger partial charge < -0.3 is 14.7 Å². The maximum Gasteiger partial charge on any atom is 0.0716 e. The van der Waals surface area contributed by atoms with E-state index in [9.17, 15) is 5.11 Å². The lowest BCUT2D eigenvalue weighted by molar-refractivity contribution is -0.117. The monoisotopic (exact) mass is 283 g/mol. The zero-order chi connectivity index (χ0) is 15.2. The predicted octanol–water partition coefficient (Wildman–Crippen LogP) is 3.21. The van der Waals surface area contributed by atoms with E-state index in [0.29, 0.717) is 6.04 Å². The Labute approximate surface area is 124 Å². The lowest BCUT2D eigenvalue weighted by Crippen LogP contribution is -2.47. The third-order valence-electron chi connectivity index (χ3n) is 5.34. The van der Waals surface area contributed by atoms with Gasteiger partial charge in [-0.3, -0.25) is 0 Å². The van der Waals surface area contributed by atoms with Crippen molar-refractivity contribution in [2.24, 2.45) is 5.92 Å². The summed E-state index contributed by atoms with van der Waals surface area (Å²) in [6, 6.07) is 0.571. The van der Waals surface area contributed by atoms with Crippen LogP contribution in [-0.2, 0) is 4.74 Å². The second-order valence-electron chi connectivity index (χ2n) is 8.31. The Morgan fingerprint density at radius 3 is 2.25 bits per heavy atom. The highest BCUT2D eigenvalue weighted by atomic mass is 16.5. The molecular weight excluding hydrogens is 250 g/mol. The van der Waals surface area contributed by atoms with E-state index in [-0.39, 0.29) is 17.1 Å². The third kappa shape index (κ3) is 3.20. The molecule has 118 valence electrons. The summed E-state index contributed by atoms with van der Waals surface area (Å²) in [4.78, 5) is 2.49. The SMILES string of the molecule is CC(C)N1CCCC(O)(C2CC(C)(C)OC2(C)C)CC1. The molecule has 3 heteroatoms. The molecule has 0 amide bonds. The molecule has 1 N–H and O–H groups in total. The highest BCUT2D eigenvalue weighted by Gasteiger charge is 2.54. The van der Waals surface area contributed by atoms with Gasteiger partial charge in [-0.1, -0.05) is 0 Å². The van der Waals surface area contributed by atoms with Gasteiger partial charge in [-0.05, 0) is 73.8 Å². The van der Waals surface area contributed by atoms with Crippen molar-refractivity contribution in [1.82, 2.24) is 4.90 Å². The molecule has 2 atom stereocenters. The van der Waals surface area contributed by atoms with Crippen LogP contribution < -0.4 is 0 Å². The number of ether oxygens (including phenoxy) is 1. The maximum atomic E-state index is 11.3. The van der Waals surface area contributed by atoms with Gasteiger partial charge in [0.1, 0.15) is 0 Å². The van der Waals surface area contributed by atoms with Crippen LogP contribution >= 0.6 is 0 Å². The molecule has 0 spiro atoms. The zero-order valence-corrected chi connectivity index (χ0v) is 14.2. The third-order valence-corrected chi connectivity index (χ3v) is 5.34. The predicted molar refractivity (Wildman–Crippen MR) is 82.9 cm³/mol. The van der Waals surface area contributed by atoms with Gasteiger partial charge in [0.05, 0.1) is 16.8 Å². The minimum Gasteiger partial charge on any atom is -0.389 e. The first-order valence-corrected chi connectivity index (χ1v) is 8.22. The summed E-state index contributed by atoms with van der Waals surface area (Å²) in [7, 11) is 0. The summed E-state index contributed by atoms with van der Waals surface area (Å²) in [6.07, 6.45) is 3.82. The second kappa shape index (κ2) is 5.26. The number of hydrogen-bond acceptors (Lipinski definition) is 3. The van der Waals surface area contributed by atoms with E-state index >= 15 is 0 Å². The van der Waals surface area contributed by atoms with Gasteiger partial charge >= 0.3 is 0 Å². The Kier molecular flexibility index (Phi) is 4.27. The van der Waals surface area contributed by atoms with Gasteiger partial charge in [-0.15, -0.1) is 0 Å². The number of hydrogen-bond donors (Lipinski definition) is 1. The molecule has 0 aliphatic carbocycles. The van der Waals surface area contributed by atoms with Crippen LogP contribution in [0.3, 0.4) is 0 Å². The molecule has 0 aromatic carbocycles. The fraction of sp³-hybridized carbons (Fsp3) is 1.00. The van der Waals surface area contributed by atoms with Gasteiger partial charge in [0.2, 0.25) is 0 Å². The number of likely N-dealkylation sites (tertiary alicyclic amines) is 1. The Balaban J connectivity index is 2.14. The average Bonchev–Trinajstić information content (AvgIpc) is 2.45. The van der Waals surface area contributed by atoms with Gasteiger partial charge in [0.15, 0.2) is 0 Å². The fourth-order valence-corrected chi connectivity index (χ4v) is 4.43. The van der Waals surface area contributed by atoms with E-state index in [1.807, 2.05) is 0 Å². The van der Waals surface area contributed by atoms with Crippen molar-refractivity contribution < 1.29 is 9.84 Å². The Bertz CT molecular complexity index is 351. The van der Waals surface area contributed by atoms with Crippen LogP contribution in [0, 0.1) is 5.92 Å². The van der Waals surface area contributed by atoms with Crippen molar-refractivity contribution in [3.8, 4) is 0 Å². The molecule has 2 aliphatic rings. The number of aliphatic hydroxyl groups is 1. The van der Waals surface area contributed by atoms with E-state index in [1.54, 1.807) is 0 Å². The molecular formula is C17H33NO2. The van der Waals surface area contributed by atoms with Crippen molar-refractivity contribution in [2.45, 2.75) is 90.1 Å². The summed E-state index contributed by atoms with van der Waals surface area (Å²) in [5.41, 5.74) is -0.917. The Hall–Kier alpha value is -0.120. The first-order valence-electron chi connectivity index (χ1n) is 8.22. The summed E-state index contributed by atoms with van der Waals surface area (Å²) in [5.74, 6) is 0.233. The first kappa shape index (κ1) is 16.3. The summed E-state index contributed by atoms with van der Waals surface area (Å²) in [6.45, 7) is 15.2. The van der Waals surface area contributed by atoms with Crippen LogP contribution in [-0.4, -0.2) is 45.9 Å². The summed E-state index contributed by atoms with van der Waals surface area (Å²) < 4.78 is 6.21. The molecule has 20 heavy (non-hydrogen) atoms. The highest BCUT2D eigenvalue weighted by Crippen LogP contribution is 2.49. The smallest absolute Gasteiger partial charge is 0.0716 e. The normalized spacial score (nSPS) is 38.1. The van der Waals surface area contributed by atoms with Crippen molar-refractivity contribution in [1.29, 1.82) is 0 Å². The van der Waals surface area contributed by atoms with Crippen molar-refractivity contribution >= 4 is 0 Å². The second-order valence-corrected chi connectivity index (χ2v) is 8.31. The minimum absolute atomic E-state index is 0.117. The van der Waals surface area contributed by atoms with Crippen LogP contribution in [0.1, 0.15) is 67.2 Å². The van der Waals surface area contributed by atoms with Crippen LogP contribution in [0.15, 0.2) is 0 Å². The minimum atomic E-state index is -0.569. The first-order chi connectivity index (χ1) is 9.06. The summed E-state index contributed by atoms with van der Waals surface area (Å²) >= 11 is 0. The standard InChI is InChI=1S/C17H33NO2/c1-13(2)18-10-7-8-17(19,9-11-18)14-12-15(3,4)20-16(14,5)6/h13-14,19H,7-12H2,1-6H3. The van der Waals surface area contributed by atoms with Crippen LogP contribution in [0.25, 0.3) is 0 Å².